The zero-order valence-electron chi connectivity index (χ0n) is 14.6. The number of sulfonamides is 1. The van der Waals surface area contributed by atoms with E-state index in [0.717, 1.165) is 11.1 Å². The predicted molar refractivity (Wildman–Crippen MR) is 96.2 cm³/mol. The summed E-state index contributed by atoms with van der Waals surface area (Å²) in [6, 6.07) is 13.1. The Morgan fingerprint density at radius 2 is 1.81 bits per heavy atom. The molecule has 2 aromatic carbocycles. The molecule has 1 atom stereocenters. The molecule has 8 heteroatoms. The van der Waals surface area contributed by atoms with Crippen molar-refractivity contribution < 1.29 is 17.7 Å². The van der Waals surface area contributed by atoms with E-state index < -0.39 is 16.1 Å². The van der Waals surface area contributed by atoms with Gasteiger partial charge in [0.1, 0.15) is 5.75 Å². The predicted octanol–water partition coefficient (Wildman–Crippen LogP) is 3.09. The quantitative estimate of drug-likeness (QED) is 0.713. The van der Waals surface area contributed by atoms with Crippen molar-refractivity contribution in [3.63, 3.8) is 0 Å². The van der Waals surface area contributed by atoms with Gasteiger partial charge >= 0.3 is 0 Å². The number of rotatable bonds is 6. The Balaban J connectivity index is 1.79. The van der Waals surface area contributed by atoms with Gasteiger partial charge in [0, 0.05) is 5.56 Å². The molecule has 0 spiro atoms. The van der Waals surface area contributed by atoms with E-state index in [-0.39, 0.29) is 10.8 Å². The lowest BCUT2D eigenvalue weighted by molar-refractivity contribution is 0.354. The van der Waals surface area contributed by atoms with E-state index in [1.54, 1.807) is 19.1 Å². The third kappa shape index (κ3) is 3.76. The number of benzene rings is 2. The highest BCUT2D eigenvalue weighted by molar-refractivity contribution is 7.89. The molecule has 0 aliphatic rings. The summed E-state index contributed by atoms with van der Waals surface area (Å²) in [6.45, 7) is 3.59. The fourth-order valence-corrected chi connectivity index (χ4v) is 3.65. The number of ether oxygens (including phenoxy) is 1. The van der Waals surface area contributed by atoms with Gasteiger partial charge in [-0.3, -0.25) is 0 Å². The number of hydrogen-bond acceptors (Lipinski definition) is 6. The van der Waals surface area contributed by atoms with Crippen LogP contribution in [-0.4, -0.2) is 25.7 Å². The van der Waals surface area contributed by atoms with Crippen LogP contribution < -0.4 is 9.46 Å². The van der Waals surface area contributed by atoms with E-state index in [1.165, 1.54) is 19.2 Å². The van der Waals surface area contributed by atoms with Gasteiger partial charge in [0.05, 0.1) is 18.0 Å². The fraction of sp³-hybridized carbons (Fsp3) is 0.222. The van der Waals surface area contributed by atoms with Crippen LogP contribution in [-0.2, 0) is 10.0 Å². The fourth-order valence-electron chi connectivity index (χ4n) is 2.45. The summed E-state index contributed by atoms with van der Waals surface area (Å²) < 4.78 is 37.8. The normalized spacial score (nSPS) is 12.7. The number of aromatic nitrogens is 2. The molecule has 1 aromatic heterocycles. The van der Waals surface area contributed by atoms with Crippen LogP contribution in [0.15, 0.2) is 57.9 Å². The minimum atomic E-state index is -3.73. The molecule has 0 amide bonds. The first-order valence-corrected chi connectivity index (χ1v) is 9.45. The van der Waals surface area contributed by atoms with E-state index in [4.69, 9.17) is 9.26 Å². The Hall–Kier alpha value is -2.71. The van der Waals surface area contributed by atoms with Gasteiger partial charge in [-0.05, 0) is 43.7 Å². The first-order valence-electron chi connectivity index (χ1n) is 7.96. The summed E-state index contributed by atoms with van der Waals surface area (Å²) in [4.78, 5) is 4.45. The molecule has 1 N–H and O–H groups in total. The highest BCUT2D eigenvalue weighted by Crippen LogP contribution is 2.23. The molecule has 0 aliphatic carbocycles. The number of methoxy groups -OCH3 is 1. The molecule has 0 saturated carbocycles. The molecule has 1 heterocycles. The maximum atomic E-state index is 12.5. The van der Waals surface area contributed by atoms with Crippen molar-refractivity contribution in [1.82, 2.24) is 14.9 Å². The number of nitrogens with one attached hydrogen (secondary N) is 1. The lowest BCUT2D eigenvalue weighted by Crippen LogP contribution is -2.27. The van der Waals surface area contributed by atoms with Crippen molar-refractivity contribution in [2.24, 2.45) is 0 Å². The van der Waals surface area contributed by atoms with Crippen LogP contribution in [0.25, 0.3) is 11.4 Å². The van der Waals surface area contributed by atoms with Gasteiger partial charge in [-0.15, -0.1) is 0 Å². The summed E-state index contributed by atoms with van der Waals surface area (Å²) in [5.41, 5.74) is 1.85. The SMILES string of the molecule is COc1ccc(S(=O)(=O)N[C@@H](C)c2nc(-c3ccccc3C)no2)cc1. The Morgan fingerprint density at radius 1 is 1.12 bits per heavy atom. The van der Waals surface area contributed by atoms with Gasteiger partial charge in [-0.25, -0.2) is 8.42 Å². The molecular weight excluding hydrogens is 354 g/mol. The molecule has 0 fully saturated rings. The molecule has 3 rings (SSSR count). The zero-order valence-corrected chi connectivity index (χ0v) is 15.4. The first kappa shape index (κ1) is 18.1. The maximum absolute atomic E-state index is 12.5. The standard InChI is InChI=1S/C18H19N3O4S/c1-12-6-4-5-7-16(12)17-19-18(25-20-17)13(2)21-26(22,23)15-10-8-14(24-3)9-11-15/h4-11,13,21H,1-3H3/t13-/m0/s1. The number of hydrogen-bond donors (Lipinski definition) is 1. The van der Waals surface area contributed by atoms with E-state index in [1.807, 2.05) is 31.2 Å². The average molecular weight is 373 g/mol. The zero-order chi connectivity index (χ0) is 18.7. The first-order chi connectivity index (χ1) is 12.4. The second kappa shape index (κ2) is 7.27. The Kier molecular flexibility index (Phi) is 5.06. The van der Waals surface area contributed by atoms with Crippen molar-refractivity contribution in [2.45, 2.75) is 24.8 Å². The van der Waals surface area contributed by atoms with Gasteiger partial charge in [0.2, 0.25) is 21.7 Å². The molecule has 136 valence electrons. The Morgan fingerprint density at radius 3 is 2.46 bits per heavy atom. The van der Waals surface area contributed by atoms with Gasteiger partial charge in [0.15, 0.2) is 0 Å². The third-order valence-corrected chi connectivity index (χ3v) is 5.46. The smallest absolute Gasteiger partial charge is 0.244 e. The van der Waals surface area contributed by atoms with Gasteiger partial charge in [-0.1, -0.05) is 29.4 Å². The second-order valence-corrected chi connectivity index (χ2v) is 7.50. The molecule has 0 radical (unpaired) electrons. The van der Waals surface area contributed by atoms with Crippen molar-refractivity contribution >= 4 is 10.0 Å². The Bertz CT molecular complexity index is 997. The number of nitrogens with zero attached hydrogens (tertiary/aromatic N) is 2. The Labute approximate surface area is 152 Å². The van der Waals surface area contributed by atoms with Crippen LogP contribution in [0.4, 0.5) is 0 Å². The van der Waals surface area contributed by atoms with E-state index in [9.17, 15) is 8.42 Å². The summed E-state index contributed by atoms with van der Waals surface area (Å²) in [5.74, 6) is 1.20. The maximum Gasteiger partial charge on any atom is 0.244 e. The van der Waals surface area contributed by atoms with E-state index in [0.29, 0.717) is 11.6 Å². The van der Waals surface area contributed by atoms with Gasteiger partial charge in [-0.2, -0.15) is 9.71 Å². The summed E-state index contributed by atoms with van der Waals surface area (Å²) >= 11 is 0. The van der Waals surface area contributed by atoms with Crippen LogP contribution >= 0.6 is 0 Å². The van der Waals surface area contributed by atoms with E-state index >= 15 is 0 Å². The van der Waals surface area contributed by atoms with Crippen molar-refractivity contribution in [1.29, 1.82) is 0 Å². The van der Waals surface area contributed by atoms with E-state index in [2.05, 4.69) is 14.9 Å². The molecule has 3 aromatic rings. The van der Waals surface area contributed by atoms with Crippen molar-refractivity contribution in [2.75, 3.05) is 7.11 Å². The van der Waals surface area contributed by atoms with Gasteiger partial charge in [0.25, 0.3) is 0 Å². The van der Waals surface area contributed by atoms with Gasteiger partial charge < -0.3 is 9.26 Å². The molecule has 26 heavy (non-hydrogen) atoms. The summed E-state index contributed by atoms with van der Waals surface area (Å²) in [6.07, 6.45) is 0. The lowest BCUT2D eigenvalue weighted by Gasteiger charge is -2.11. The van der Waals surface area contributed by atoms with Crippen LogP contribution in [0.1, 0.15) is 24.4 Å². The lowest BCUT2D eigenvalue weighted by atomic mass is 10.1. The topological polar surface area (TPSA) is 94.3 Å². The van der Waals surface area contributed by atoms with Crippen LogP contribution in [0.5, 0.6) is 5.75 Å². The highest BCUT2D eigenvalue weighted by Gasteiger charge is 2.23. The van der Waals surface area contributed by atoms with Crippen molar-refractivity contribution in [3.05, 3.63) is 60.0 Å². The molecule has 0 bridgehead atoms. The summed E-state index contributed by atoms with van der Waals surface area (Å²) in [5, 5.41) is 3.96. The molecule has 0 unspecified atom stereocenters. The average Bonchev–Trinajstić information content (AvgIpc) is 3.12. The van der Waals surface area contributed by atoms with Crippen LogP contribution in [0, 0.1) is 6.92 Å². The van der Waals surface area contributed by atoms with Crippen molar-refractivity contribution in [3.8, 4) is 17.1 Å². The second-order valence-electron chi connectivity index (χ2n) is 5.79. The molecule has 0 saturated heterocycles. The largest absolute Gasteiger partial charge is 0.497 e. The minimum absolute atomic E-state index is 0.129. The van der Waals surface area contributed by atoms with Crippen LogP contribution in [0.3, 0.4) is 0 Å². The van der Waals surface area contributed by atoms with Crippen LogP contribution in [0.2, 0.25) is 0 Å². The number of aryl methyl sites for hydroxylation is 1. The monoisotopic (exact) mass is 373 g/mol. The summed E-state index contributed by atoms with van der Waals surface area (Å²) in [7, 11) is -2.21. The highest BCUT2D eigenvalue weighted by atomic mass is 32.2. The third-order valence-electron chi connectivity index (χ3n) is 3.90. The molecule has 7 nitrogen and oxygen atoms in total. The minimum Gasteiger partial charge on any atom is -0.497 e. The molecule has 0 aliphatic heterocycles. The molecular formula is C18H19N3O4S.